The summed E-state index contributed by atoms with van der Waals surface area (Å²) in [6.07, 6.45) is -1.13. The second kappa shape index (κ2) is 2.96. The van der Waals surface area contributed by atoms with Crippen LogP contribution < -0.4 is 5.73 Å². The lowest BCUT2D eigenvalue weighted by atomic mass is 10.5. The first-order valence-corrected chi connectivity index (χ1v) is 2.22. The molecule has 0 bridgehead atoms. The van der Waals surface area contributed by atoms with Crippen LogP contribution in [0.15, 0.2) is 0 Å². The predicted octanol–water partition coefficient (Wildman–Crippen LogP) is -0.354. The molecule has 0 aliphatic rings. The third kappa shape index (κ3) is 5.88. The standard InChI is InChI=1S/C4H11NO2/c1-3(2)7-4(5)6/h3-4,6H,5H2,1-2H3. The van der Waals surface area contributed by atoms with Gasteiger partial charge in [0.1, 0.15) is 0 Å². The molecule has 3 N–H and O–H groups in total. The zero-order valence-electron chi connectivity index (χ0n) is 4.59. The quantitative estimate of drug-likeness (QED) is 0.472. The lowest BCUT2D eigenvalue weighted by Gasteiger charge is -2.08. The van der Waals surface area contributed by atoms with Gasteiger partial charge in [-0.1, -0.05) is 0 Å². The molecule has 0 aromatic carbocycles. The number of ether oxygens (including phenoxy) is 1. The molecule has 0 radical (unpaired) electrons. The van der Waals surface area contributed by atoms with Crippen LogP contribution in [0.4, 0.5) is 0 Å². The molecule has 0 aliphatic carbocycles. The first-order chi connectivity index (χ1) is 3.13. The van der Waals surface area contributed by atoms with Crippen molar-refractivity contribution in [1.82, 2.24) is 0 Å². The van der Waals surface area contributed by atoms with Crippen molar-refractivity contribution in [2.75, 3.05) is 0 Å². The lowest BCUT2D eigenvalue weighted by Crippen LogP contribution is -2.25. The second-order valence-electron chi connectivity index (χ2n) is 1.58. The maximum atomic E-state index is 8.28. The van der Waals surface area contributed by atoms with Gasteiger partial charge in [-0.2, -0.15) is 0 Å². The fourth-order valence-corrected chi connectivity index (χ4v) is 0.279. The van der Waals surface area contributed by atoms with E-state index in [0.29, 0.717) is 0 Å². The number of aliphatic hydroxyl groups excluding tert-OH is 1. The van der Waals surface area contributed by atoms with Crippen LogP contribution in [0.3, 0.4) is 0 Å². The van der Waals surface area contributed by atoms with Crippen molar-refractivity contribution in [3.8, 4) is 0 Å². The van der Waals surface area contributed by atoms with E-state index in [-0.39, 0.29) is 6.10 Å². The number of rotatable bonds is 2. The first kappa shape index (κ1) is 6.88. The average Bonchev–Trinajstić information content (AvgIpc) is 1.27. The SMILES string of the molecule is CC(C)OC(N)O. The van der Waals surface area contributed by atoms with Crippen LogP contribution in [0.25, 0.3) is 0 Å². The highest BCUT2D eigenvalue weighted by atomic mass is 16.6. The van der Waals surface area contributed by atoms with Crippen LogP contribution in [0.2, 0.25) is 0 Å². The molecule has 0 aromatic heterocycles. The second-order valence-corrected chi connectivity index (χ2v) is 1.58. The van der Waals surface area contributed by atoms with E-state index in [1.165, 1.54) is 0 Å². The molecule has 44 valence electrons. The van der Waals surface area contributed by atoms with E-state index in [2.05, 4.69) is 4.74 Å². The van der Waals surface area contributed by atoms with Gasteiger partial charge in [0, 0.05) is 0 Å². The van der Waals surface area contributed by atoms with Gasteiger partial charge in [-0.3, -0.25) is 5.73 Å². The highest BCUT2D eigenvalue weighted by molar-refractivity contribution is 4.33. The van der Waals surface area contributed by atoms with E-state index in [4.69, 9.17) is 10.8 Å². The summed E-state index contributed by atoms with van der Waals surface area (Å²) in [6, 6.07) is 0. The Morgan fingerprint density at radius 3 is 2.00 bits per heavy atom. The van der Waals surface area contributed by atoms with Crippen molar-refractivity contribution >= 4 is 0 Å². The summed E-state index contributed by atoms with van der Waals surface area (Å²) in [5, 5.41) is 8.28. The molecule has 0 fully saturated rings. The zero-order valence-corrected chi connectivity index (χ0v) is 4.59. The van der Waals surface area contributed by atoms with Crippen molar-refractivity contribution in [3.63, 3.8) is 0 Å². The van der Waals surface area contributed by atoms with Gasteiger partial charge in [0.25, 0.3) is 0 Å². The summed E-state index contributed by atoms with van der Waals surface area (Å²) in [7, 11) is 0. The van der Waals surface area contributed by atoms with E-state index in [9.17, 15) is 0 Å². The normalized spacial score (nSPS) is 15.0. The Balaban J connectivity index is 2.95. The summed E-state index contributed by atoms with van der Waals surface area (Å²) < 4.78 is 4.58. The van der Waals surface area contributed by atoms with Crippen LogP contribution in [0, 0.1) is 0 Å². The average molecular weight is 105 g/mol. The molecule has 0 spiro atoms. The molecular weight excluding hydrogens is 94.0 g/mol. The number of aliphatic hydroxyl groups is 1. The van der Waals surface area contributed by atoms with Gasteiger partial charge in [0.15, 0.2) is 0 Å². The molecular formula is C4H11NO2. The van der Waals surface area contributed by atoms with E-state index < -0.39 is 6.41 Å². The van der Waals surface area contributed by atoms with Crippen molar-refractivity contribution in [1.29, 1.82) is 0 Å². The van der Waals surface area contributed by atoms with Gasteiger partial charge < -0.3 is 9.84 Å². The van der Waals surface area contributed by atoms with Crippen molar-refractivity contribution < 1.29 is 9.84 Å². The van der Waals surface area contributed by atoms with Gasteiger partial charge >= 0.3 is 0 Å². The third-order valence-corrected chi connectivity index (χ3v) is 0.412. The van der Waals surface area contributed by atoms with Gasteiger partial charge in [0.05, 0.1) is 6.10 Å². The fraction of sp³-hybridized carbons (Fsp3) is 1.00. The lowest BCUT2D eigenvalue weighted by molar-refractivity contribution is -0.120. The number of hydrogen-bond donors (Lipinski definition) is 2. The Bertz CT molecular complexity index is 39.0. The smallest absolute Gasteiger partial charge is 0.211 e. The molecule has 0 heterocycles. The van der Waals surface area contributed by atoms with Gasteiger partial charge in [-0.15, -0.1) is 0 Å². The summed E-state index contributed by atoms with van der Waals surface area (Å²) >= 11 is 0. The van der Waals surface area contributed by atoms with E-state index in [1.54, 1.807) is 13.8 Å². The monoisotopic (exact) mass is 105 g/mol. The van der Waals surface area contributed by atoms with Crippen LogP contribution >= 0.6 is 0 Å². The van der Waals surface area contributed by atoms with E-state index >= 15 is 0 Å². The molecule has 3 heteroatoms. The molecule has 0 saturated carbocycles. The third-order valence-electron chi connectivity index (χ3n) is 0.412. The van der Waals surface area contributed by atoms with Crippen LogP contribution in [-0.2, 0) is 4.74 Å². The zero-order chi connectivity index (χ0) is 5.86. The van der Waals surface area contributed by atoms with Crippen molar-refractivity contribution in [3.05, 3.63) is 0 Å². The largest absolute Gasteiger partial charge is 0.356 e. The Morgan fingerprint density at radius 2 is 2.00 bits per heavy atom. The van der Waals surface area contributed by atoms with Gasteiger partial charge in [0.2, 0.25) is 6.41 Å². The molecule has 0 aromatic rings. The molecule has 0 amide bonds. The van der Waals surface area contributed by atoms with Gasteiger partial charge in [-0.25, -0.2) is 0 Å². The molecule has 3 nitrogen and oxygen atoms in total. The topological polar surface area (TPSA) is 55.5 Å². The van der Waals surface area contributed by atoms with Crippen LogP contribution in [0.1, 0.15) is 13.8 Å². The minimum atomic E-state index is -1.13. The summed E-state index contributed by atoms with van der Waals surface area (Å²) in [6.45, 7) is 3.60. The highest BCUT2D eigenvalue weighted by Gasteiger charge is 1.95. The van der Waals surface area contributed by atoms with Crippen LogP contribution in [0.5, 0.6) is 0 Å². The molecule has 1 atom stereocenters. The predicted molar refractivity (Wildman–Crippen MR) is 26.4 cm³/mol. The maximum Gasteiger partial charge on any atom is 0.211 e. The maximum absolute atomic E-state index is 8.28. The molecule has 1 unspecified atom stereocenters. The van der Waals surface area contributed by atoms with Crippen LogP contribution in [-0.4, -0.2) is 17.6 Å². The number of hydrogen-bond acceptors (Lipinski definition) is 3. The Hall–Kier alpha value is -0.120. The summed E-state index contributed by atoms with van der Waals surface area (Å²) in [5.74, 6) is 0. The minimum Gasteiger partial charge on any atom is -0.356 e. The minimum absolute atomic E-state index is 0.000000000000000222. The van der Waals surface area contributed by atoms with Gasteiger partial charge in [-0.05, 0) is 13.8 Å². The van der Waals surface area contributed by atoms with Crippen molar-refractivity contribution in [2.24, 2.45) is 5.73 Å². The van der Waals surface area contributed by atoms with E-state index in [1.807, 2.05) is 0 Å². The number of nitrogens with two attached hydrogens (primary N) is 1. The summed E-state index contributed by atoms with van der Waals surface area (Å²) in [5.41, 5.74) is 4.83. The summed E-state index contributed by atoms with van der Waals surface area (Å²) in [4.78, 5) is 0. The van der Waals surface area contributed by atoms with E-state index in [0.717, 1.165) is 0 Å². The Labute approximate surface area is 43.1 Å². The Morgan fingerprint density at radius 1 is 1.57 bits per heavy atom. The first-order valence-electron chi connectivity index (χ1n) is 2.22. The highest BCUT2D eigenvalue weighted by Crippen LogP contribution is 1.86. The molecule has 7 heavy (non-hydrogen) atoms. The molecule has 0 saturated heterocycles. The Kier molecular flexibility index (Phi) is 2.91. The molecule has 0 aliphatic heterocycles. The molecule has 0 rings (SSSR count). The van der Waals surface area contributed by atoms with Crippen molar-refractivity contribution in [2.45, 2.75) is 26.4 Å². The fourth-order valence-electron chi connectivity index (χ4n) is 0.279.